The topological polar surface area (TPSA) is 72.2 Å². The summed E-state index contributed by atoms with van der Waals surface area (Å²) in [6.07, 6.45) is 0. The molecule has 20 heavy (non-hydrogen) atoms. The molecule has 2 aromatic rings. The number of benzene rings is 2. The zero-order valence-electron chi connectivity index (χ0n) is 10.6. The minimum absolute atomic E-state index is 0.0420. The second-order valence-electron chi connectivity index (χ2n) is 4.22. The smallest absolute Gasteiger partial charge is 0.269 e. The average Bonchev–Trinajstić information content (AvgIpc) is 2.43. The maximum atomic E-state index is 12.0. The Morgan fingerprint density at radius 3 is 2.40 bits per heavy atom. The monoisotopic (exact) mass is 334 g/mol. The lowest BCUT2D eigenvalue weighted by Crippen LogP contribution is -2.11. The van der Waals surface area contributed by atoms with Crippen LogP contribution in [0.5, 0.6) is 0 Å². The van der Waals surface area contributed by atoms with Crippen LogP contribution in [0.4, 0.5) is 11.4 Å². The maximum Gasteiger partial charge on any atom is 0.269 e. The van der Waals surface area contributed by atoms with Gasteiger partial charge in [0.25, 0.3) is 11.6 Å². The van der Waals surface area contributed by atoms with Crippen molar-refractivity contribution in [2.24, 2.45) is 0 Å². The predicted molar refractivity (Wildman–Crippen MR) is 79.9 cm³/mol. The number of nitro groups is 1. The van der Waals surface area contributed by atoms with Gasteiger partial charge in [0.05, 0.1) is 4.92 Å². The number of nitrogens with zero attached hydrogens (tertiary/aromatic N) is 1. The van der Waals surface area contributed by atoms with Crippen LogP contribution in [0.15, 0.2) is 46.9 Å². The Labute approximate surface area is 123 Å². The molecule has 2 aromatic carbocycles. The van der Waals surface area contributed by atoms with Crippen molar-refractivity contribution in [2.45, 2.75) is 6.92 Å². The van der Waals surface area contributed by atoms with Crippen molar-refractivity contribution < 1.29 is 9.72 Å². The van der Waals surface area contributed by atoms with E-state index in [1.807, 2.05) is 13.0 Å². The number of amides is 1. The van der Waals surface area contributed by atoms with Crippen molar-refractivity contribution in [2.75, 3.05) is 5.32 Å². The van der Waals surface area contributed by atoms with E-state index in [1.165, 1.54) is 24.3 Å². The number of hydrogen-bond acceptors (Lipinski definition) is 3. The molecule has 5 nitrogen and oxygen atoms in total. The molecule has 1 amide bonds. The number of non-ortho nitro benzene ring substituents is 1. The fourth-order valence-electron chi connectivity index (χ4n) is 1.61. The third-order valence-electron chi connectivity index (χ3n) is 2.77. The molecule has 102 valence electrons. The van der Waals surface area contributed by atoms with Gasteiger partial charge in [0.1, 0.15) is 0 Å². The number of nitrogens with one attached hydrogen (secondary N) is 1. The molecule has 0 bridgehead atoms. The van der Waals surface area contributed by atoms with Crippen LogP contribution in [0.1, 0.15) is 15.9 Å². The van der Waals surface area contributed by atoms with Gasteiger partial charge >= 0.3 is 0 Å². The lowest BCUT2D eigenvalue weighted by atomic mass is 10.2. The molecule has 1 N–H and O–H groups in total. The molecule has 0 fully saturated rings. The number of halogens is 1. The summed E-state index contributed by atoms with van der Waals surface area (Å²) in [7, 11) is 0. The summed E-state index contributed by atoms with van der Waals surface area (Å²) in [4.78, 5) is 22.0. The lowest BCUT2D eigenvalue weighted by Gasteiger charge is -2.07. The van der Waals surface area contributed by atoms with E-state index in [1.54, 1.807) is 12.1 Å². The van der Waals surface area contributed by atoms with Crippen molar-refractivity contribution >= 4 is 33.2 Å². The molecule has 0 heterocycles. The Hall–Kier alpha value is -2.21. The van der Waals surface area contributed by atoms with Gasteiger partial charge in [-0.3, -0.25) is 14.9 Å². The fraction of sp³-hybridized carbons (Fsp3) is 0.0714. The molecule has 6 heteroatoms. The third-order valence-corrected chi connectivity index (χ3v) is 3.62. The Balaban J connectivity index is 2.15. The van der Waals surface area contributed by atoms with Crippen LogP contribution in [-0.2, 0) is 0 Å². The molecular weight excluding hydrogens is 324 g/mol. The Kier molecular flexibility index (Phi) is 4.14. The van der Waals surface area contributed by atoms with Crippen molar-refractivity contribution in [3.8, 4) is 0 Å². The zero-order valence-corrected chi connectivity index (χ0v) is 12.2. The first-order valence-electron chi connectivity index (χ1n) is 5.79. The first kappa shape index (κ1) is 14.2. The molecule has 0 atom stereocenters. The minimum atomic E-state index is -0.501. The first-order chi connectivity index (χ1) is 9.47. The predicted octanol–water partition coefficient (Wildman–Crippen LogP) is 3.92. The molecule has 0 aliphatic carbocycles. The van der Waals surface area contributed by atoms with Gasteiger partial charge in [0, 0.05) is 27.9 Å². The van der Waals surface area contributed by atoms with Crippen LogP contribution in [0, 0.1) is 17.0 Å². The Morgan fingerprint density at radius 1 is 1.20 bits per heavy atom. The molecule has 0 saturated heterocycles. The van der Waals surface area contributed by atoms with Crippen LogP contribution >= 0.6 is 15.9 Å². The highest BCUT2D eigenvalue weighted by molar-refractivity contribution is 9.10. The normalized spacial score (nSPS) is 10.1. The van der Waals surface area contributed by atoms with E-state index >= 15 is 0 Å². The number of aryl methyl sites for hydroxylation is 1. The van der Waals surface area contributed by atoms with Gasteiger partial charge in [-0.1, -0.05) is 22.0 Å². The summed E-state index contributed by atoms with van der Waals surface area (Å²) in [6, 6.07) is 10.9. The molecule has 0 spiro atoms. The largest absolute Gasteiger partial charge is 0.322 e. The van der Waals surface area contributed by atoms with Gasteiger partial charge in [-0.15, -0.1) is 0 Å². The van der Waals surface area contributed by atoms with Crippen molar-refractivity contribution in [1.29, 1.82) is 0 Å². The molecule has 0 radical (unpaired) electrons. The number of anilines is 1. The molecule has 0 aliphatic heterocycles. The summed E-state index contributed by atoms with van der Waals surface area (Å²) < 4.78 is 0.902. The van der Waals surface area contributed by atoms with Gasteiger partial charge in [-0.2, -0.15) is 0 Å². The Morgan fingerprint density at radius 2 is 1.85 bits per heavy atom. The second kappa shape index (κ2) is 5.83. The first-order valence-corrected chi connectivity index (χ1v) is 6.58. The van der Waals surface area contributed by atoms with Gasteiger partial charge in [0.2, 0.25) is 0 Å². The molecule has 0 aromatic heterocycles. The summed E-state index contributed by atoms with van der Waals surface area (Å²) >= 11 is 3.39. The summed E-state index contributed by atoms with van der Waals surface area (Å²) in [6.45, 7) is 1.95. The van der Waals surface area contributed by atoms with E-state index in [2.05, 4.69) is 21.2 Å². The maximum absolute atomic E-state index is 12.0. The van der Waals surface area contributed by atoms with E-state index in [0.717, 1.165) is 10.0 Å². The van der Waals surface area contributed by atoms with Crippen LogP contribution < -0.4 is 5.32 Å². The fourth-order valence-corrected chi connectivity index (χ4v) is 1.99. The van der Waals surface area contributed by atoms with E-state index in [4.69, 9.17) is 0 Å². The number of rotatable bonds is 3. The minimum Gasteiger partial charge on any atom is -0.322 e. The van der Waals surface area contributed by atoms with Gasteiger partial charge in [0.15, 0.2) is 0 Å². The molecule has 2 rings (SSSR count). The van der Waals surface area contributed by atoms with E-state index in [9.17, 15) is 14.9 Å². The van der Waals surface area contributed by atoms with E-state index in [-0.39, 0.29) is 11.6 Å². The van der Waals surface area contributed by atoms with Gasteiger partial charge in [-0.25, -0.2) is 0 Å². The lowest BCUT2D eigenvalue weighted by molar-refractivity contribution is -0.384. The van der Waals surface area contributed by atoms with Crippen molar-refractivity contribution in [3.63, 3.8) is 0 Å². The number of carbonyl (C=O) groups is 1. The van der Waals surface area contributed by atoms with E-state index < -0.39 is 4.92 Å². The molecule has 0 aliphatic rings. The quantitative estimate of drug-likeness (QED) is 0.683. The van der Waals surface area contributed by atoms with E-state index in [0.29, 0.717) is 11.3 Å². The molecule has 0 saturated carbocycles. The van der Waals surface area contributed by atoms with Crippen LogP contribution in [0.25, 0.3) is 0 Å². The second-order valence-corrected chi connectivity index (χ2v) is 5.08. The Bertz CT molecular complexity index is 669. The van der Waals surface area contributed by atoms with Crippen molar-refractivity contribution in [1.82, 2.24) is 0 Å². The number of hydrogen-bond donors (Lipinski definition) is 1. The van der Waals surface area contributed by atoms with Gasteiger partial charge < -0.3 is 5.32 Å². The highest BCUT2D eigenvalue weighted by Gasteiger charge is 2.10. The highest BCUT2D eigenvalue weighted by Crippen LogP contribution is 2.21. The summed E-state index contributed by atoms with van der Waals surface area (Å²) in [5.74, 6) is -0.310. The SMILES string of the molecule is Cc1ccc(NC(=O)c2ccc([N+](=O)[O-])cc2)cc1Br. The third kappa shape index (κ3) is 3.21. The summed E-state index contributed by atoms with van der Waals surface area (Å²) in [5.41, 5.74) is 2.05. The van der Waals surface area contributed by atoms with Crippen LogP contribution in [0.3, 0.4) is 0 Å². The summed E-state index contributed by atoms with van der Waals surface area (Å²) in [5, 5.41) is 13.3. The average molecular weight is 335 g/mol. The molecule has 0 unspecified atom stereocenters. The van der Waals surface area contributed by atoms with Gasteiger partial charge in [-0.05, 0) is 36.8 Å². The zero-order chi connectivity index (χ0) is 14.7. The number of carbonyl (C=O) groups excluding carboxylic acids is 1. The van der Waals surface area contributed by atoms with Crippen LogP contribution in [0.2, 0.25) is 0 Å². The number of nitro benzene ring substituents is 1. The molecular formula is C14H11BrN2O3. The van der Waals surface area contributed by atoms with Crippen molar-refractivity contribution in [3.05, 3.63) is 68.2 Å². The van der Waals surface area contributed by atoms with Crippen LogP contribution in [-0.4, -0.2) is 10.8 Å². The standard InChI is InChI=1S/C14H11BrN2O3/c1-9-2-5-11(8-13(9)15)16-14(18)10-3-6-12(7-4-10)17(19)20/h2-8H,1H3,(H,16,18). The highest BCUT2D eigenvalue weighted by atomic mass is 79.9.